The van der Waals surface area contributed by atoms with Crippen LogP contribution >= 0.6 is 22.9 Å². The summed E-state index contributed by atoms with van der Waals surface area (Å²) in [7, 11) is 0. The third-order valence-corrected chi connectivity index (χ3v) is 3.42. The highest BCUT2D eigenvalue weighted by Crippen LogP contribution is 2.34. The number of hydrogen-bond donors (Lipinski definition) is 2. The average Bonchev–Trinajstić information content (AvgIpc) is 2.68. The van der Waals surface area contributed by atoms with Gasteiger partial charge in [0.2, 0.25) is 12.4 Å². The summed E-state index contributed by atoms with van der Waals surface area (Å²) in [6, 6.07) is 3.56. The SMILES string of the molecule is C#CCNc1sc(-c2ccc[n+](O)c2)nc1Cl. The summed E-state index contributed by atoms with van der Waals surface area (Å²) >= 11 is 7.36. The topological polar surface area (TPSA) is 49.0 Å². The van der Waals surface area contributed by atoms with Crippen LogP contribution in [0.25, 0.3) is 10.6 Å². The fraction of sp³-hybridized carbons (Fsp3) is 0.0909. The van der Waals surface area contributed by atoms with E-state index >= 15 is 0 Å². The molecule has 6 heteroatoms. The van der Waals surface area contributed by atoms with E-state index in [2.05, 4.69) is 16.2 Å². The van der Waals surface area contributed by atoms with E-state index in [4.69, 9.17) is 18.0 Å². The fourth-order valence-electron chi connectivity index (χ4n) is 1.26. The molecule has 0 aliphatic heterocycles. The van der Waals surface area contributed by atoms with Crippen molar-refractivity contribution in [3.8, 4) is 22.9 Å². The quantitative estimate of drug-likeness (QED) is 0.508. The van der Waals surface area contributed by atoms with Crippen molar-refractivity contribution in [1.29, 1.82) is 0 Å². The van der Waals surface area contributed by atoms with Gasteiger partial charge in [-0.1, -0.05) is 28.9 Å². The molecule has 0 amide bonds. The summed E-state index contributed by atoms with van der Waals surface area (Å²) in [6.45, 7) is 0.399. The van der Waals surface area contributed by atoms with Crippen molar-refractivity contribution in [2.45, 2.75) is 0 Å². The minimum atomic E-state index is 0.383. The van der Waals surface area contributed by atoms with Crippen LogP contribution in [0.15, 0.2) is 24.5 Å². The summed E-state index contributed by atoms with van der Waals surface area (Å²) in [5, 5.41) is 14.1. The molecule has 0 saturated carbocycles. The van der Waals surface area contributed by atoms with Crippen LogP contribution in [0.5, 0.6) is 0 Å². The highest BCUT2D eigenvalue weighted by molar-refractivity contribution is 7.19. The Balaban J connectivity index is 2.31. The number of terminal acetylenes is 1. The van der Waals surface area contributed by atoms with Crippen molar-refractivity contribution in [2.24, 2.45) is 0 Å². The molecule has 17 heavy (non-hydrogen) atoms. The predicted octanol–water partition coefficient (Wildman–Crippen LogP) is 2.03. The third-order valence-electron chi connectivity index (χ3n) is 1.97. The Morgan fingerprint density at radius 1 is 1.65 bits per heavy atom. The van der Waals surface area contributed by atoms with E-state index in [1.807, 2.05) is 6.07 Å². The van der Waals surface area contributed by atoms with Crippen molar-refractivity contribution in [3.05, 3.63) is 29.7 Å². The minimum Gasteiger partial charge on any atom is -0.363 e. The van der Waals surface area contributed by atoms with E-state index in [1.54, 1.807) is 12.3 Å². The van der Waals surface area contributed by atoms with Gasteiger partial charge in [0.05, 0.1) is 12.1 Å². The van der Waals surface area contributed by atoms with Gasteiger partial charge in [-0.25, -0.2) is 4.98 Å². The second kappa shape index (κ2) is 5.04. The normalized spacial score (nSPS) is 9.88. The van der Waals surface area contributed by atoms with Gasteiger partial charge in [0, 0.05) is 10.8 Å². The number of nitrogens with zero attached hydrogens (tertiary/aromatic N) is 2. The molecule has 0 bridgehead atoms. The zero-order valence-corrected chi connectivity index (χ0v) is 10.3. The van der Waals surface area contributed by atoms with E-state index < -0.39 is 0 Å². The van der Waals surface area contributed by atoms with Crippen LogP contribution < -0.4 is 10.0 Å². The van der Waals surface area contributed by atoms with Gasteiger partial charge in [0.25, 0.3) is 0 Å². The molecule has 2 heterocycles. The zero-order valence-electron chi connectivity index (χ0n) is 8.72. The average molecular weight is 267 g/mol. The number of anilines is 1. The first-order valence-corrected chi connectivity index (χ1v) is 5.95. The molecule has 0 saturated heterocycles. The Morgan fingerprint density at radius 2 is 2.47 bits per heavy atom. The van der Waals surface area contributed by atoms with Gasteiger partial charge in [-0.05, 0) is 6.07 Å². The lowest BCUT2D eigenvalue weighted by Crippen LogP contribution is -2.28. The van der Waals surface area contributed by atoms with Crippen LogP contribution in [0, 0.1) is 12.3 Å². The van der Waals surface area contributed by atoms with Crippen molar-refractivity contribution in [2.75, 3.05) is 11.9 Å². The molecule has 0 spiro atoms. The second-order valence-electron chi connectivity index (χ2n) is 3.17. The van der Waals surface area contributed by atoms with E-state index in [1.165, 1.54) is 17.5 Å². The van der Waals surface area contributed by atoms with E-state index in [0.717, 1.165) is 20.3 Å². The zero-order chi connectivity index (χ0) is 12.3. The maximum atomic E-state index is 9.31. The molecule has 0 unspecified atom stereocenters. The number of pyridine rings is 1. The van der Waals surface area contributed by atoms with Crippen LogP contribution in [0.1, 0.15) is 0 Å². The molecule has 0 radical (unpaired) electrons. The highest BCUT2D eigenvalue weighted by atomic mass is 35.5. The maximum Gasteiger partial charge on any atom is 0.232 e. The van der Waals surface area contributed by atoms with Crippen molar-refractivity contribution in [1.82, 2.24) is 4.98 Å². The Kier molecular flexibility index (Phi) is 3.47. The van der Waals surface area contributed by atoms with Crippen molar-refractivity contribution in [3.63, 3.8) is 0 Å². The molecule has 2 rings (SSSR count). The summed E-state index contributed by atoms with van der Waals surface area (Å²) in [6.07, 6.45) is 8.24. The Labute approximate surface area is 107 Å². The Hall–Kier alpha value is -1.77. The fourth-order valence-corrected chi connectivity index (χ4v) is 2.42. The van der Waals surface area contributed by atoms with Crippen molar-refractivity contribution < 1.29 is 9.94 Å². The van der Waals surface area contributed by atoms with E-state index in [-0.39, 0.29) is 0 Å². The highest BCUT2D eigenvalue weighted by Gasteiger charge is 2.12. The number of rotatable bonds is 3. The van der Waals surface area contributed by atoms with Gasteiger partial charge >= 0.3 is 0 Å². The second-order valence-corrected chi connectivity index (χ2v) is 4.53. The summed E-state index contributed by atoms with van der Waals surface area (Å²) < 4.78 is 0.971. The van der Waals surface area contributed by atoms with Crippen LogP contribution in [0.4, 0.5) is 5.00 Å². The van der Waals surface area contributed by atoms with E-state index in [0.29, 0.717) is 11.7 Å². The summed E-state index contributed by atoms with van der Waals surface area (Å²) in [4.78, 5) is 4.20. The molecule has 2 aromatic heterocycles. The largest absolute Gasteiger partial charge is 0.363 e. The third kappa shape index (κ3) is 2.67. The number of hydrogen-bond acceptors (Lipinski definition) is 4. The predicted molar refractivity (Wildman–Crippen MR) is 67.3 cm³/mol. The first kappa shape index (κ1) is 11.7. The van der Waals surface area contributed by atoms with E-state index in [9.17, 15) is 5.21 Å². The lowest BCUT2D eigenvalue weighted by Gasteiger charge is -1.95. The van der Waals surface area contributed by atoms with Crippen molar-refractivity contribution >= 4 is 27.9 Å². The number of thiazole rings is 1. The van der Waals surface area contributed by atoms with Gasteiger partial charge in [-0.2, -0.15) is 0 Å². The molecule has 4 nitrogen and oxygen atoms in total. The molecule has 0 aromatic carbocycles. The number of halogens is 1. The Morgan fingerprint density at radius 3 is 3.18 bits per heavy atom. The van der Waals surface area contributed by atoms with Crippen LogP contribution in [0.2, 0.25) is 5.15 Å². The standard InChI is InChI=1S/C11H9ClN3OS/c1-2-5-13-11-9(12)14-10(17-11)8-4-3-6-15(16)7-8/h1,3-4,6-7,13,16H,5H2/q+1. The molecule has 86 valence electrons. The Bertz CT molecular complexity index is 576. The van der Waals surface area contributed by atoms with Crippen LogP contribution in [-0.4, -0.2) is 16.7 Å². The number of nitrogens with one attached hydrogen (secondary N) is 1. The van der Waals surface area contributed by atoms with Crippen LogP contribution in [-0.2, 0) is 0 Å². The smallest absolute Gasteiger partial charge is 0.232 e. The summed E-state index contributed by atoms with van der Waals surface area (Å²) in [5.74, 6) is 2.47. The van der Waals surface area contributed by atoms with Gasteiger partial charge < -0.3 is 5.32 Å². The lowest BCUT2D eigenvalue weighted by atomic mass is 10.3. The monoisotopic (exact) mass is 266 g/mol. The summed E-state index contributed by atoms with van der Waals surface area (Å²) in [5.41, 5.74) is 0.788. The molecule has 0 aliphatic rings. The number of aromatic nitrogens is 2. The molecular weight excluding hydrogens is 258 g/mol. The molecular formula is C11H9ClN3OS+. The van der Waals surface area contributed by atoms with Gasteiger partial charge in [0.15, 0.2) is 5.15 Å². The van der Waals surface area contributed by atoms with Gasteiger partial charge in [-0.15, -0.1) is 6.42 Å². The maximum absolute atomic E-state index is 9.31. The van der Waals surface area contributed by atoms with Gasteiger partial charge in [-0.3, -0.25) is 5.21 Å². The van der Waals surface area contributed by atoms with Gasteiger partial charge in [0.1, 0.15) is 10.0 Å². The minimum absolute atomic E-state index is 0.383. The molecule has 0 aliphatic carbocycles. The first-order chi connectivity index (χ1) is 8.20. The molecule has 2 N–H and O–H groups in total. The molecule has 0 fully saturated rings. The molecule has 2 aromatic rings. The molecule has 0 atom stereocenters. The van der Waals surface area contributed by atoms with Crippen LogP contribution in [0.3, 0.4) is 0 Å². The first-order valence-electron chi connectivity index (χ1n) is 4.75. The lowest BCUT2D eigenvalue weighted by molar-refractivity contribution is -0.904.